The largest absolute Gasteiger partial charge is 0.378 e. The summed E-state index contributed by atoms with van der Waals surface area (Å²) < 4.78 is 7.29. The summed E-state index contributed by atoms with van der Waals surface area (Å²) in [6.45, 7) is 2.38. The van der Waals surface area contributed by atoms with Crippen LogP contribution in [-0.4, -0.2) is 47.1 Å². The fourth-order valence-corrected chi connectivity index (χ4v) is 2.97. The molecule has 2 fully saturated rings. The third-order valence-corrected chi connectivity index (χ3v) is 4.08. The lowest BCUT2D eigenvalue weighted by Crippen LogP contribution is -2.46. The first-order chi connectivity index (χ1) is 10.3. The monoisotopic (exact) mass is 293 g/mol. The van der Waals surface area contributed by atoms with Crippen LogP contribution >= 0.6 is 0 Å². The molecule has 21 heavy (non-hydrogen) atoms. The zero-order chi connectivity index (χ0) is 14.5. The van der Waals surface area contributed by atoms with Crippen molar-refractivity contribution < 1.29 is 9.53 Å². The minimum atomic E-state index is -0.155. The Labute approximate surface area is 124 Å². The van der Waals surface area contributed by atoms with Gasteiger partial charge in [-0.05, 0) is 12.8 Å². The fraction of sp³-hybridized carbons (Fsp3) is 0.714. The van der Waals surface area contributed by atoms with E-state index in [4.69, 9.17) is 4.74 Å². The number of carbonyl (C=O) groups is 1. The second-order valence-corrected chi connectivity index (χ2v) is 5.56. The molecule has 0 atom stereocenters. The van der Waals surface area contributed by atoms with Gasteiger partial charge in [-0.1, -0.05) is 19.3 Å². The lowest BCUT2D eigenvalue weighted by atomic mass is 9.96. The van der Waals surface area contributed by atoms with E-state index in [0.29, 0.717) is 32.3 Å². The highest BCUT2D eigenvalue weighted by atomic mass is 16.5. The molecule has 1 aliphatic heterocycles. The van der Waals surface area contributed by atoms with Crippen LogP contribution in [0, 0.1) is 0 Å². The maximum Gasteiger partial charge on any atom is 0.337 e. The number of carbonyl (C=O) groups excluding carboxylic acids is 1. The van der Waals surface area contributed by atoms with Crippen LogP contribution in [0.25, 0.3) is 0 Å². The van der Waals surface area contributed by atoms with Gasteiger partial charge < -0.3 is 4.74 Å². The van der Waals surface area contributed by atoms with E-state index in [1.54, 1.807) is 11.2 Å². The van der Waals surface area contributed by atoms with Gasteiger partial charge >= 0.3 is 6.03 Å². The Morgan fingerprint density at radius 2 is 2.19 bits per heavy atom. The topological polar surface area (TPSA) is 71.4 Å². The highest BCUT2D eigenvalue weighted by Gasteiger charge is 2.21. The standard InChI is InChI=1S/C14H23N5O2/c20-14(18-9-11-21-10-8-15-18)17-13-6-7-16-19(13)12-4-2-1-3-5-12/h6-7,12,15H,1-5,8-11H2,(H,17,20). The van der Waals surface area contributed by atoms with Crippen molar-refractivity contribution >= 4 is 11.8 Å². The summed E-state index contributed by atoms with van der Waals surface area (Å²) in [7, 11) is 0. The van der Waals surface area contributed by atoms with Crippen molar-refractivity contribution in [3.63, 3.8) is 0 Å². The van der Waals surface area contributed by atoms with Gasteiger partial charge in [0.2, 0.25) is 0 Å². The molecule has 0 aromatic carbocycles. The molecule has 7 nitrogen and oxygen atoms in total. The van der Waals surface area contributed by atoms with Gasteiger partial charge in [-0.25, -0.2) is 14.9 Å². The third kappa shape index (κ3) is 3.54. The molecule has 7 heteroatoms. The number of urea groups is 1. The second kappa shape index (κ2) is 6.91. The molecule has 0 spiro atoms. The van der Waals surface area contributed by atoms with Crippen LogP contribution < -0.4 is 10.7 Å². The number of ether oxygens (including phenoxy) is 1. The van der Waals surface area contributed by atoms with Crippen LogP contribution in [0.4, 0.5) is 10.6 Å². The highest BCUT2D eigenvalue weighted by Crippen LogP contribution is 2.29. The predicted molar refractivity (Wildman–Crippen MR) is 78.9 cm³/mol. The summed E-state index contributed by atoms with van der Waals surface area (Å²) in [6.07, 6.45) is 7.81. The van der Waals surface area contributed by atoms with Crippen LogP contribution in [0.1, 0.15) is 38.1 Å². The molecular weight excluding hydrogens is 270 g/mol. The quantitative estimate of drug-likeness (QED) is 0.871. The first-order valence-corrected chi connectivity index (χ1v) is 7.78. The zero-order valence-electron chi connectivity index (χ0n) is 12.3. The summed E-state index contributed by atoms with van der Waals surface area (Å²) >= 11 is 0. The number of hydrogen-bond acceptors (Lipinski definition) is 4. The average molecular weight is 293 g/mol. The molecule has 0 unspecified atom stereocenters. The number of nitrogens with zero attached hydrogens (tertiary/aromatic N) is 3. The van der Waals surface area contributed by atoms with E-state index >= 15 is 0 Å². The second-order valence-electron chi connectivity index (χ2n) is 5.56. The van der Waals surface area contributed by atoms with E-state index < -0.39 is 0 Å². The Kier molecular flexibility index (Phi) is 4.72. The summed E-state index contributed by atoms with van der Waals surface area (Å²) in [5.74, 6) is 0.777. The normalized spacial score (nSPS) is 21.0. The van der Waals surface area contributed by atoms with Gasteiger partial charge in [0.1, 0.15) is 5.82 Å². The Bertz CT molecular complexity index is 462. The molecule has 1 saturated heterocycles. The lowest BCUT2D eigenvalue weighted by Gasteiger charge is -2.25. The SMILES string of the molecule is O=C(Nc1ccnn1C1CCCCC1)N1CCOCCN1. The minimum Gasteiger partial charge on any atom is -0.378 e. The van der Waals surface area contributed by atoms with E-state index in [9.17, 15) is 4.79 Å². The van der Waals surface area contributed by atoms with Crippen molar-refractivity contribution in [2.24, 2.45) is 0 Å². The van der Waals surface area contributed by atoms with Gasteiger partial charge in [-0.3, -0.25) is 10.3 Å². The molecule has 116 valence electrons. The van der Waals surface area contributed by atoms with Gasteiger partial charge in [0.15, 0.2) is 0 Å². The number of aromatic nitrogens is 2. The van der Waals surface area contributed by atoms with Crippen molar-refractivity contribution in [1.82, 2.24) is 20.2 Å². The molecule has 0 bridgehead atoms. The number of anilines is 1. The molecule has 2 N–H and O–H groups in total. The fourth-order valence-electron chi connectivity index (χ4n) is 2.97. The number of hydrazine groups is 1. The molecule has 3 rings (SSSR count). The predicted octanol–water partition coefficient (Wildman–Crippen LogP) is 1.76. The zero-order valence-corrected chi connectivity index (χ0v) is 12.3. The summed E-state index contributed by atoms with van der Waals surface area (Å²) in [4.78, 5) is 12.3. The van der Waals surface area contributed by atoms with E-state index in [1.807, 2.05) is 10.7 Å². The van der Waals surface area contributed by atoms with Gasteiger partial charge in [0.25, 0.3) is 0 Å². The van der Waals surface area contributed by atoms with Crippen molar-refractivity contribution in [3.8, 4) is 0 Å². The number of hydrogen-bond donors (Lipinski definition) is 2. The molecule has 1 saturated carbocycles. The van der Waals surface area contributed by atoms with Gasteiger partial charge in [0.05, 0.1) is 32.0 Å². The first-order valence-electron chi connectivity index (χ1n) is 7.78. The molecule has 2 heterocycles. The van der Waals surface area contributed by atoms with Crippen molar-refractivity contribution in [3.05, 3.63) is 12.3 Å². The third-order valence-electron chi connectivity index (χ3n) is 4.08. The van der Waals surface area contributed by atoms with Crippen LogP contribution in [0.5, 0.6) is 0 Å². The van der Waals surface area contributed by atoms with Crippen molar-refractivity contribution in [2.45, 2.75) is 38.1 Å². The average Bonchev–Trinajstić information content (AvgIpc) is 2.81. The molecule has 2 amide bonds. The number of rotatable bonds is 2. The van der Waals surface area contributed by atoms with Crippen molar-refractivity contribution in [2.75, 3.05) is 31.6 Å². The summed E-state index contributed by atoms with van der Waals surface area (Å²) in [6, 6.07) is 2.11. The lowest BCUT2D eigenvalue weighted by molar-refractivity contribution is 0.147. The Hall–Kier alpha value is -1.60. The summed E-state index contributed by atoms with van der Waals surface area (Å²) in [5.41, 5.74) is 3.06. The molecule has 1 aromatic rings. The van der Waals surface area contributed by atoms with Crippen molar-refractivity contribution in [1.29, 1.82) is 0 Å². The van der Waals surface area contributed by atoms with E-state index in [2.05, 4.69) is 15.8 Å². The maximum absolute atomic E-state index is 12.3. The van der Waals surface area contributed by atoms with Gasteiger partial charge in [0, 0.05) is 12.6 Å². The maximum atomic E-state index is 12.3. The van der Waals surface area contributed by atoms with Gasteiger partial charge in [-0.2, -0.15) is 5.10 Å². The number of nitrogens with one attached hydrogen (secondary N) is 2. The van der Waals surface area contributed by atoms with Crippen LogP contribution in [0.2, 0.25) is 0 Å². The van der Waals surface area contributed by atoms with Crippen LogP contribution in [0.15, 0.2) is 12.3 Å². The van der Waals surface area contributed by atoms with Crippen LogP contribution in [-0.2, 0) is 4.74 Å². The molecule has 0 radical (unpaired) electrons. The first kappa shape index (κ1) is 14.3. The number of amides is 2. The van der Waals surface area contributed by atoms with Crippen LogP contribution in [0.3, 0.4) is 0 Å². The Morgan fingerprint density at radius 3 is 3.05 bits per heavy atom. The molecule has 1 aromatic heterocycles. The highest BCUT2D eigenvalue weighted by molar-refractivity contribution is 5.88. The Morgan fingerprint density at radius 1 is 1.33 bits per heavy atom. The van der Waals surface area contributed by atoms with E-state index in [1.165, 1.54) is 19.3 Å². The Balaban J connectivity index is 1.64. The van der Waals surface area contributed by atoms with E-state index in [0.717, 1.165) is 18.7 Å². The summed E-state index contributed by atoms with van der Waals surface area (Å²) in [5, 5.41) is 8.92. The molecule has 2 aliphatic rings. The van der Waals surface area contributed by atoms with Gasteiger partial charge in [-0.15, -0.1) is 0 Å². The van der Waals surface area contributed by atoms with E-state index in [-0.39, 0.29) is 6.03 Å². The molecule has 1 aliphatic carbocycles. The smallest absolute Gasteiger partial charge is 0.337 e. The minimum absolute atomic E-state index is 0.155. The molecular formula is C14H23N5O2.